The summed E-state index contributed by atoms with van der Waals surface area (Å²) in [6.45, 7) is 0.498. The van der Waals surface area contributed by atoms with Crippen molar-refractivity contribution >= 4 is 0 Å². The highest BCUT2D eigenvalue weighted by Crippen LogP contribution is 2.44. The van der Waals surface area contributed by atoms with E-state index in [-0.39, 0.29) is 0 Å². The molecule has 0 saturated carbocycles. The van der Waals surface area contributed by atoms with Crippen LogP contribution < -0.4 is 14.2 Å². The standard InChI is InChI=1S/C11H14O4/c1-13-9-4-3-7-8(12)5-6-15-10(7)11(9)14-2/h3-4,8,12H,5-6H2,1-2H3. The lowest BCUT2D eigenvalue weighted by Gasteiger charge is -2.24. The Morgan fingerprint density at radius 2 is 2.13 bits per heavy atom. The molecule has 1 aliphatic rings. The Balaban J connectivity index is 2.53. The van der Waals surface area contributed by atoms with Gasteiger partial charge in [0.05, 0.1) is 26.9 Å². The Hall–Kier alpha value is -1.42. The second-order valence-electron chi connectivity index (χ2n) is 3.37. The first kappa shape index (κ1) is 10.1. The van der Waals surface area contributed by atoms with Gasteiger partial charge < -0.3 is 19.3 Å². The third-order valence-corrected chi connectivity index (χ3v) is 2.53. The Labute approximate surface area is 88.4 Å². The molecule has 4 heteroatoms. The molecule has 0 aliphatic carbocycles. The fourth-order valence-corrected chi connectivity index (χ4v) is 1.75. The van der Waals surface area contributed by atoms with Crippen molar-refractivity contribution in [3.63, 3.8) is 0 Å². The third-order valence-electron chi connectivity index (χ3n) is 2.53. The van der Waals surface area contributed by atoms with Gasteiger partial charge in [-0.2, -0.15) is 0 Å². The van der Waals surface area contributed by atoms with Crippen molar-refractivity contribution < 1.29 is 19.3 Å². The van der Waals surface area contributed by atoms with Crippen LogP contribution in [0, 0.1) is 0 Å². The summed E-state index contributed by atoms with van der Waals surface area (Å²) in [4.78, 5) is 0. The molecule has 82 valence electrons. The van der Waals surface area contributed by atoms with E-state index >= 15 is 0 Å². The van der Waals surface area contributed by atoms with Crippen molar-refractivity contribution in [1.29, 1.82) is 0 Å². The molecule has 2 rings (SSSR count). The maximum absolute atomic E-state index is 9.77. The van der Waals surface area contributed by atoms with E-state index in [9.17, 15) is 5.11 Å². The van der Waals surface area contributed by atoms with Gasteiger partial charge >= 0.3 is 0 Å². The molecule has 15 heavy (non-hydrogen) atoms. The molecule has 1 aromatic rings. The number of aliphatic hydroxyl groups excluding tert-OH is 1. The van der Waals surface area contributed by atoms with Crippen LogP contribution in [0.25, 0.3) is 0 Å². The minimum Gasteiger partial charge on any atom is -0.493 e. The van der Waals surface area contributed by atoms with Crippen LogP contribution in [0.1, 0.15) is 18.1 Å². The lowest BCUT2D eigenvalue weighted by atomic mass is 10.0. The zero-order chi connectivity index (χ0) is 10.8. The number of hydrogen-bond donors (Lipinski definition) is 1. The van der Waals surface area contributed by atoms with Gasteiger partial charge in [0.1, 0.15) is 0 Å². The monoisotopic (exact) mass is 210 g/mol. The lowest BCUT2D eigenvalue weighted by molar-refractivity contribution is 0.112. The van der Waals surface area contributed by atoms with Gasteiger partial charge in [-0.3, -0.25) is 0 Å². The molecular formula is C11H14O4. The van der Waals surface area contributed by atoms with E-state index < -0.39 is 6.10 Å². The molecule has 1 heterocycles. The van der Waals surface area contributed by atoms with Crippen molar-refractivity contribution in [1.82, 2.24) is 0 Å². The molecule has 1 aliphatic heterocycles. The molecule has 1 unspecified atom stereocenters. The Bertz CT molecular complexity index is 362. The Morgan fingerprint density at radius 3 is 2.80 bits per heavy atom. The van der Waals surface area contributed by atoms with Gasteiger partial charge in [-0.25, -0.2) is 0 Å². The van der Waals surface area contributed by atoms with Gasteiger partial charge in [-0.15, -0.1) is 0 Å². The molecule has 0 amide bonds. The zero-order valence-corrected chi connectivity index (χ0v) is 8.82. The normalized spacial score (nSPS) is 19.0. The molecular weight excluding hydrogens is 196 g/mol. The molecule has 0 saturated heterocycles. The molecule has 0 spiro atoms. The van der Waals surface area contributed by atoms with Crippen molar-refractivity contribution in [3.8, 4) is 17.2 Å². The van der Waals surface area contributed by atoms with Gasteiger partial charge in [0.2, 0.25) is 5.75 Å². The van der Waals surface area contributed by atoms with Crippen LogP contribution in [0.2, 0.25) is 0 Å². The molecule has 0 bridgehead atoms. The quantitative estimate of drug-likeness (QED) is 0.804. The first-order valence-electron chi connectivity index (χ1n) is 4.83. The summed E-state index contributed by atoms with van der Waals surface area (Å²) in [6, 6.07) is 3.58. The minimum atomic E-state index is -0.478. The van der Waals surface area contributed by atoms with Crippen molar-refractivity contribution in [2.75, 3.05) is 20.8 Å². The molecule has 0 fully saturated rings. The number of ether oxygens (including phenoxy) is 3. The maximum atomic E-state index is 9.77. The van der Waals surface area contributed by atoms with Crippen LogP contribution in [0.4, 0.5) is 0 Å². The van der Waals surface area contributed by atoms with Gasteiger partial charge in [0.25, 0.3) is 0 Å². The van der Waals surface area contributed by atoms with Gasteiger partial charge in [0, 0.05) is 12.0 Å². The molecule has 0 radical (unpaired) electrons. The van der Waals surface area contributed by atoms with Crippen LogP contribution >= 0.6 is 0 Å². The van der Waals surface area contributed by atoms with E-state index in [1.165, 1.54) is 0 Å². The van der Waals surface area contributed by atoms with Gasteiger partial charge in [-0.1, -0.05) is 0 Å². The second kappa shape index (κ2) is 3.98. The SMILES string of the molecule is COc1ccc2c(c1OC)OCCC2O. The van der Waals surface area contributed by atoms with Crippen molar-refractivity contribution in [2.45, 2.75) is 12.5 Å². The smallest absolute Gasteiger partial charge is 0.203 e. The van der Waals surface area contributed by atoms with Crippen LogP contribution in [0.5, 0.6) is 17.2 Å². The number of aliphatic hydroxyl groups is 1. The zero-order valence-electron chi connectivity index (χ0n) is 8.82. The average molecular weight is 210 g/mol. The van der Waals surface area contributed by atoms with E-state index in [1.807, 2.05) is 0 Å². The summed E-state index contributed by atoms with van der Waals surface area (Å²) in [5.74, 6) is 1.76. The highest BCUT2D eigenvalue weighted by molar-refractivity contribution is 5.57. The summed E-state index contributed by atoms with van der Waals surface area (Å²) in [5.41, 5.74) is 0.763. The van der Waals surface area contributed by atoms with E-state index in [4.69, 9.17) is 14.2 Å². The molecule has 1 aromatic carbocycles. The summed E-state index contributed by atoms with van der Waals surface area (Å²) < 4.78 is 15.9. The summed E-state index contributed by atoms with van der Waals surface area (Å²) in [7, 11) is 3.13. The fraction of sp³-hybridized carbons (Fsp3) is 0.455. The summed E-state index contributed by atoms with van der Waals surface area (Å²) in [5, 5.41) is 9.77. The lowest BCUT2D eigenvalue weighted by Crippen LogP contribution is -2.14. The van der Waals surface area contributed by atoms with Crippen LogP contribution in [-0.4, -0.2) is 25.9 Å². The topological polar surface area (TPSA) is 47.9 Å². The predicted octanol–water partition coefficient (Wildman–Crippen LogP) is 1.52. The first-order chi connectivity index (χ1) is 7.27. The minimum absolute atomic E-state index is 0.478. The number of benzene rings is 1. The van der Waals surface area contributed by atoms with E-state index in [0.29, 0.717) is 30.3 Å². The first-order valence-corrected chi connectivity index (χ1v) is 4.83. The van der Waals surface area contributed by atoms with Crippen molar-refractivity contribution in [2.24, 2.45) is 0 Å². The largest absolute Gasteiger partial charge is 0.493 e. The van der Waals surface area contributed by atoms with E-state index in [2.05, 4.69) is 0 Å². The number of fused-ring (bicyclic) bond motifs is 1. The maximum Gasteiger partial charge on any atom is 0.203 e. The van der Waals surface area contributed by atoms with Crippen LogP contribution in [0.15, 0.2) is 12.1 Å². The third kappa shape index (κ3) is 1.61. The van der Waals surface area contributed by atoms with E-state index in [1.54, 1.807) is 26.4 Å². The number of hydrogen-bond acceptors (Lipinski definition) is 4. The van der Waals surface area contributed by atoms with E-state index in [0.717, 1.165) is 5.56 Å². The van der Waals surface area contributed by atoms with Crippen molar-refractivity contribution in [3.05, 3.63) is 17.7 Å². The summed E-state index contributed by atoms with van der Waals surface area (Å²) in [6.07, 6.45) is 0.135. The Kier molecular flexibility index (Phi) is 2.68. The number of rotatable bonds is 2. The van der Waals surface area contributed by atoms with Gasteiger partial charge in [-0.05, 0) is 12.1 Å². The average Bonchev–Trinajstić information content (AvgIpc) is 2.28. The Morgan fingerprint density at radius 1 is 1.33 bits per heavy atom. The van der Waals surface area contributed by atoms with Crippen LogP contribution in [0.3, 0.4) is 0 Å². The molecule has 0 aromatic heterocycles. The predicted molar refractivity (Wildman–Crippen MR) is 54.6 cm³/mol. The number of methoxy groups -OCH3 is 2. The highest BCUT2D eigenvalue weighted by Gasteiger charge is 2.24. The molecule has 1 atom stereocenters. The molecule has 4 nitrogen and oxygen atoms in total. The second-order valence-corrected chi connectivity index (χ2v) is 3.37. The van der Waals surface area contributed by atoms with Crippen LogP contribution in [-0.2, 0) is 0 Å². The summed E-state index contributed by atoms with van der Waals surface area (Å²) >= 11 is 0. The molecule has 1 N–H and O–H groups in total. The highest BCUT2D eigenvalue weighted by atomic mass is 16.5. The van der Waals surface area contributed by atoms with Gasteiger partial charge in [0.15, 0.2) is 11.5 Å². The fourth-order valence-electron chi connectivity index (χ4n) is 1.75.